The standard InChI is InChI=1S/C15H19Cl2NO5S/c1-10(23-9-12-4-2-3-7-22-12)15(19)18-24(20,21)14-8-11(16)5-6-13(14)17/h5-6,8,10,12H,2-4,7,9H2,1H3,(H,18,19)/t10-,12+/m0/s1. The van der Waals surface area contributed by atoms with Crippen LogP contribution < -0.4 is 4.72 Å². The first-order valence-corrected chi connectivity index (χ1v) is 9.78. The van der Waals surface area contributed by atoms with Gasteiger partial charge < -0.3 is 9.47 Å². The number of carbonyl (C=O) groups is 1. The molecule has 1 aliphatic heterocycles. The van der Waals surface area contributed by atoms with Gasteiger partial charge in [0.2, 0.25) is 0 Å². The molecule has 0 aromatic heterocycles. The summed E-state index contributed by atoms with van der Waals surface area (Å²) in [6, 6.07) is 3.99. The molecule has 1 N–H and O–H groups in total. The van der Waals surface area contributed by atoms with Crippen molar-refractivity contribution in [2.24, 2.45) is 0 Å². The Morgan fingerprint density at radius 3 is 2.83 bits per heavy atom. The van der Waals surface area contributed by atoms with E-state index in [9.17, 15) is 13.2 Å². The van der Waals surface area contributed by atoms with Crippen LogP contribution in [0.2, 0.25) is 10.0 Å². The van der Waals surface area contributed by atoms with E-state index in [4.69, 9.17) is 32.7 Å². The summed E-state index contributed by atoms with van der Waals surface area (Å²) in [7, 11) is -4.13. The summed E-state index contributed by atoms with van der Waals surface area (Å²) in [4.78, 5) is 11.8. The summed E-state index contributed by atoms with van der Waals surface area (Å²) in [6.45, 7) is 2.40. The van der Waals surface area contributed by atoms with E-state index in [1.54, 1.807) is 0 Å². The van der Waals surface area contributed by atoms with Gasteiger partial charge in [-0.25, -0.2) is 13.1 Å². The van der Waals surface area contributed by atoms with Crippen molar-refractivity contribution >= 4 is 39.1 Å². The molecule has 24 heavy (non-hydrogen) atoms. The van der Waals surface area contributed by atoms with Crippen LogP contribution in [-0.2, 0) is 24.3 Å². The zero-order chi connectivity index (χ0) is 17.7. The van der Waals surface area contributed by atoms with Gasteiger partial charge in [0.25, 0.3) is 15.9 Å². The van der Waals surface area contributed by atoms with Crippen LogP contribution >= 0.6 is 23.2 Å². The van der Waals surface area contributed by atoms with Gasteiger partial charge in [0, 0.05) is 11.6 Å². The number of hydrogen-bond donors (Lipinski definition) is 1. The molecule has 2 atom stereocenters. The third-order valence-electron chi connectivity index (χ3n) is 3.59. The minimum Gasteiger partial charge on any atom is -0.376 e. The van der Waals surface area contributed by atoms with Crippen molar-refractivity contribution in [1.82, 2.24) is 4.72 Å². The Kier molecular flexibility index (Phi) is 6.88. The second-order valence-electron chi connectivity index (χ2n) is 5.51. The molecule has 9 heteroatoms. The summed E-state index contributed by atoms with van der Waals surface area (Å²) >= 11 is 11.7. The molecule has 0 spiro atoms. The van der Waals surface area contributed by atoms with Crippen molar-refractivity contribution in [3.05, 3.63) is 28.2 Å². The van der Waals surface area contributed by atoms with Gasteiger partial charge in [0.15, 0.2) is 0 Å². The Balaban J connectivity index is 1.95. The molecule has 0 bridgehead atoms. The Bertz CT molecular complexity index is 689. The molecule has 1 aliphatic rings. The molecule has 1 fully saturated rings. The number of carbonyl (C=O) groups excluding carboxylic acids is 1. The molecule has 2 rings (SSSR count). The number of hydrogen-bond acceptors (Lipinski definition) is 5. The smallest absolute Gasteiger partial charge is 0.265 e. The van der Waals surface area contributed by atoms with Crippen molar-refractivity contribution in [2.45, 2.75) is 43.3 Å². The lowest BCUT2D eigenvalue weighted by atomic mass is 10.1. The highest BCUT2D eigenvalue weighted by Gasteiger charge is 2.25. The van der Waals surface area contributed by atoms with Crippen LogP contribution in [0.15, 0.2) is 23.1 Å². The van der Waals surface area contributed by atoms with E-state index in [2.05, 4.69) is 0 Å². The minimum absolute atomic E-state index is 0.0242. The normalized spacial score (nSPS) is 19.7. The average molecular weight is 396 g/mol. The van der Waals surface area contributed by atoms with Gasteiger partial charge in [-0.2, -0.15) is 0 Å². The SMILES string of the molecule is C[C@H](OC[C@H]1CCCCO1)C(=O)NS(=O)(=O)c1cc(Cl)ccc1Cl. The minimum atomic E-state index is -4.13. The van der Waals surface area contributed by atoms with E-state index >= 15 is 0 Å². The lowest BCUT2D eigenvalue weighted by molar-refractivity contribution is -0.133. The average Bonchev–Trinajstić information content (AvgIpc) is 2.55. The van der Waals surface area contributed by atoms with Crippen LogP contribution in [0.5, 0.6) is 0 Å². The summed E-state index contributed by atoms with van der Waals surface area (Å²) in [5.74, 6) is -0.776. The fraction of sp³-hybridized carbons (Fsp3) is 0.533. The van der Waals surface area contributed by atoms with Gasteiger partial charge in [-0.1, -0.05) is 23.2 Å². The second-order valence-corrected chi connectivity index (χ2v) is 8.00. The van der Waals surface area contributed by atoms with Crippen molar-refractivity contribution in [2.75, 3.05) is 13.2 Å². The van der Waals surface area contributed by atoms with Gasteiger partial charge in [-0.3, -0.25) is 4.79 Å². The van der Waals surface area contributed by atoms with Crippen LogP contribution in [0, 0.1) is 0 Å². The van der Waals surface area contributed by atoms with Crippen LogP contribution in [0.3, 0.4) is 0 Å². The summed E-state index contributed by atoms with van der Waals surface area (Å²) in [5.41, 5.74) is 0. The Morgan fingerprint density at radius 2 is 2.17 bits per heavy atom. The van der Waals surface area contributed by atoms with Crippen LogP contribution in [-0.4, -0.2) is 39.7 Å². The second kappa shape index (κ2) is 8.49. The van der Waals surface area contributed by atoms with Crippen molar-refractivity contribution < 1.29 is 22.7 Å². The van der Waals surface area contributed by atoms with Gasteiger partial charge in [0.1, 0.15) is 11.0 Å². The Labute approximate surface area is 151 Å². The van der Waals surface area contributed by atoms with Gasteiger partial charge in [0.05, 0.1) is 17.7 Å². The summed E-state index contributed by atoms with van der Waals surface area (Å²) < 4.78 is 37.4. The van der Waals surface area contributed by atoms with E-state index in [0.717, 1.165) is 19.3 Å². The quantitative estimate of drug-likeness (QED) is 0.800. The number of sulfonamides is 1. The van der Waals surface area contributed by atoms with E-state index < -0.39 is 22.0 Å². The third-order valence-corrected chi connectivity index (χ3v) is 5.66. The van der Waals surface area contributed by atoms with Gasteiger partial charge >= 0.3 is 0 Å². The van der Waals surface area contributed by atoms with Crippen molar-refractivity contribution in [3.8, 4) is 0 Å². The summed E-state index contributed by atoms with van der Waals surface area (Å²) in [6.07, 6.45) is 1.93. The number of ether oxygens (including phenoxy) is 2. The molecular weight excluding hydrogens is 377 g/mol. The third kappa shape index (κ3) is 5.32. The van der Waals surface area contributed by atoms with E-state index in [1.807, 2.05) is 4.72 Å². The molecule has 1 heterocycles. The zero-order valence-corrected chi connectivity index (χ0v) is 15.5. The first kappa shape index (κ1) is 19.5. The van der Waals surface area contributed by atoms with Crippen molar-refractivity contribution in [3.63, 3.8) is 0 Å². The maximum atomic E-state index is 12.3. The maximum Gasteiger partial charge on any atom is 0.265 e. The number of benzene rings is 1. The molecule has 0 aliphatic carbocycles. The van der Waals surface area contributed by atoms with Crippen LogP contribution in [0.4, 0.5) is 0 Å². The fourth-order valence-corrected chi connectivity index (χ4v) is 4.03. The summed E-state index contributed by atoms with van der Waals surface area (Å²) in [5, 5.41) is 0.176. The van der Waals surface area contributed by atoms with E-state index in [1.165, 1.54) is 25.1 Å². The first-order chi connectivity index (χ1) is 11.3. The largest absolute Gasteiger partial charge is 0.376 e. The molecule has 134 valence electrons. The molecular formula is C15H19Cl2NO5S. The molecule has 0 radical (unpaired) electrons. The molecule has 6 nitrogen and oxygen atoms in total. The van der Waals surface area contributed by atoms with Gasteiger partial charge in [-0.15, -0.1) is 0 Å². The van der Waals surface area contributed by atoms with E-state index in [-0.39, 0.29) is 27.7 Å². The Morgan fingerprint density at radius 1 is 1.42 bits per heavy atom. The number of amides is 1. The molecule has 1 aromatic carbocycles. The highest BCUT2D eigenvalue weighted by Crippen LogP contribution is 2.24. The van der Waals surface area contributed by atoms with Crippen LogP contribution in [0.25, 0.3) is 0 Å². The maximum absolute atomic E-state index is 12.3. The predicted molar refractivity (Wildman–Crippen MR) is 90.8 cm³/mol. The number of halogens is 2. The van der Waals surface area contributed by atoms with E-state index in [0.29, 0.717) is 6.61 Å². The highest BCUT2D eigenvalue weighted by molar-refractivity contribution is 7.90. The van der Waals surface area contributed by atoms with Gasteiger partial charge in [-0.05, 0) is 44.4 Å². The predicted octanol–water partition coefficient (Wildman–Crippen LogP) is 2.77. The molecule has 0 unspecified atom stereocenters. The fourth-order valence-electron chi connectivity index (χ4n) is 2.22. The molecule has 0 saturated carbocycles. The van der Waals surface area contributed by atoms with Crippen molar-refractivity contribution in [1.29, 1.82) is 0 Å². The number of rotatable bonds is 6. The van der Waals surface area contributed by atoms with Crippen LogP contribution in [0.1, 0.15) is 26.2 Å². The lowest BCUT2D eigenvalue weighted by Crippen LogP contribution is -2.40. The molecule has 1 aromatic rings. The first-order valence-electron chi connectivity index (χ1n) is 7.54. The Hall–Kier alpha value is -0.860. The topological polar surface area (TPSA) is 81.7 Å². The zero-order valence-electron chi connectivity index (χ0n) is 13.1. The molecule has 1 amide bonds. The number of nitrogens with one attached hydrogen (secondary N) is 1. The lowest BCUT2D eigenvalue weighted by Gasteiger charge is -2.23. The monoisotopic (exact) mass is 395 g/mol. The highest BCUT2D eigenvalue weighted by atomic mass is 35.5. The molecule has 1 saturated heterocycles.